The van der Waals surface area contributed by atoms with E-state index in [0.29, 0.717) is 30.5 Å². The van der Waals surface area contributed by atoms with Gasteiger partial charge in [0.2, 0.25) is 0 Å². The maximum absolute atomic E-state index is 13.7. The summed E-state index contributed by atoms with van der Waals surface area (Å²) in [6.07, 6.45) is 9.59. The van der Waals surface area contributed by atoms with Crippen molar-refractivity contribution >= 4 is 22.7 Å². The number of pyridine rings is 2. The average Bonchev–Trinajstić information content (AvgIpc) is 3.16. The molecule has 7 heteroatoms. The van der Waals surface area contributed by atoms with Crippen molar-refractivity contribution in [2.75, 3.05) is 0 Å². The number of hydrogen-bond donors (Lipinski definition) is 1. The highest BCUT2D eigenvalue weighted by molar-refractivity contribution is 5.98. The van der Waals surface area contributed by atoms with Crippen LogP contribution in [0.2, 0.25) is 0 Å². The van der Waals surface area contributed by atoms with Gasteiger partial charge in [-0.05, 0) is 49.4 Å². The lowest BCUT2D eigenvalue weighted by Crippen LogP contribution is -2.14. The third-order valence-corrected chi connectivity index (χ3v) is 5.87. The zero-order valence-corrected chi connectivity index (χ0v) is 16.8. The fraction of sp³-hybridized carbons (Fsp3) is 0.391. The Morgan fingerprint density at radius 3 is 2.67 bits per heavy atom. The van der Waals surface area contributed by atoms with E-state index in [1.54, 1.807) is 24.5 Å². The molecule has 2 atom stereocenters. The van der Waals surface area contributed by atoms with Gasteiger partial charge in [-0.1, -0.05) is 19.3 Å². The van der Waals surface area contributed by atoms with Crippen molar-refractivity contribution in [1.82, 2.24) is 14.5 Å². The Balaban J connectivity index is 1.51. The summed E-state index contributed by atoms with van der Waals surface area (Å²) in [4.78, 5) is 32.6. The molecule has 1 aliphatic rings. The van der Waals surface area contributed by atoms with Crippen LogP contribution in [0.5, 0.6) is 0 Å². The molecule has 1 amide bonds. The number of alkyl halides is 1. The third-order valence-electron chi connectivity index (χ3n) is 5.87. The lowest BCUT2D eigenvalue weighted by atomic mass is 9.86. The molecule has 0 aromatic carbocycles. The first-order chi connectivity index (χ1) is 14.5. The first kappa shape index (κ1) is 20.2. The monoisotopic (exact) mass is 408 g/mol. The van der Waals surface area contributed by atoms with Crippen LogP contribution < -0.4 is 5.73 Å². The fourth-order valence-corrected chi connectivity index (χ4v) is 4.15. The molecule has 0 radical (unpaired) electrons. The second-order valence-corrected chi connectivity index (χ2v) is 8.04. The van der Waals surface area contributed by atoms with E-state index >= 15 is 0 Å². The molecule has 3 heterocycles. The summed E-state index contributed by atoms with van der Waals surface area (Å²) in [6, 6.07) is 7.07. The van der Waals surface area contributed by atoms with Gasteiger partial charge in [0.15, 0.2) is 5.78 Å². The number of Topliss-reactive ketones (excluding diaryl/α,β-unsaturated/α-hetero) is 1. The molecular formula is C23H25FN4O2. The molecular weight excluding hydrogens is 383 g/mol. The Morgan fingerprint density at radius 1 is 1.07 bits per heavy atom. The van der Waals surface area contributed by atoms with Crippen molar-refractivity contribution < 1.29 is 14.0 Å². The molecule has 3 aromatic heterocycles. The summed E-state index contributed by atoms with van der Waals surface area (Å²) in [7, 11) is 0. The van der Waals surface area contributed by atoms with Gasteiger partial charge in [-0.25, -0.2) is 14.4 Å². The maximum Gasteiger partial charge on any atom is 0.267 e. The van der Waals surface area contributed by atoms with Crippen LogP contribution in [0.15, 0.2) is 42.9 Å². The zero-order valence-electron chi connectivity index (χ0n) is 16.8. The third kappa shape index (κ3) is 4.40. The van der Waals surface area contributed by atoms with E-state index in [4.69, 9.17) is 5.73 Å². The fourth-order valence-electron chi connectivity index (χ4n) is 4.15. The Labute approximate surface area is 174 Å². The molecule has 1 fully saturated rings. The molecule has 6 nitrogen and oxygen atoms in total. The normalized spacial score (nSPS) is 19.9. The number of rotatable bonds is 5. The van der Waals surface area contributed by atoms with Crippen molar-refractivity contribution in [2.24, 2.45) is 11.7 Å². The van der Waals surface area contributed by atoms with Crippen molar-refractivity contribution in [2.45, 2.75) is 51.1 Å². The van der Waals surface area contributed by atoms with Gasteiger partial charge in [0.05, 0.1) is 11.9 Å². The van der Waals surface area contributed by atoms with Crippen LogP contribution in [0.1, 0.15) is 65.8 Å². The predicted octanol–water partition coefficient (Wildman–Crippen LogP) is 4.40. The lowest BCUT2D eigenvalue weighted by molar-refractivity contribution is 0.0946. The molecule has 0 spiro atoms. The van der Waals surface area contributed by atoms with E-state index in [9.17, 15) is 14.0 Å². The Kier molecular flexibility index (Phi) is 5.88. The quantitative estimate of drug-likeness (QED) is 0.634. The molecule has 2 N–H and O–H groups in total. The number of primary amides is 1. The molecule has 4 rings (SSSR count). The highest BCUT2D eigenvalue weighted by Gasteiger charge is 2.20. The van der Waals surface area contributed by atoms with Crippen LogP contribution in [-0.2, 0) is 0 Å². The van der Waals surface area contributed by atoms with E-state index in [2.05, 4.69) is 9.97 Å². The molecule has 1 aliphatic carbocycles. The summed E-state index contributed by atoms with van der Waals surface area (Å²) >= 11 is 0. The van der Waals surface area contributed by atoms with Gasteiger partial charge in [-0.2, -0.15) is 0 Å². The predicted molar refractivity (Wildman–Crippen MR) is 112 cm³/mol. The lowest BCUT2D eigenvalue weighted by Gasteiger charge is -2.20. The van der Waals surface area contributed by atoms with Gasteiger partial charge in [0.25, 0.3) is 5.91 Å². The minimum atomic E-state index is -0.729. The summed E-state index contributed by atoms with van der Waals surface area (Å²) < 4.78 is 15.6. The van der Waals surface area contributed by atoms with Gasteiger partial charge < -0.3 is 5.73 Å². The van der Waals surface area contributed by atoms with Crippen LogP contribution in [0.3, 0.4) is 0 Å². The van der Waals surface area contributed by atoms with E-state index in [0.717, 1.165) is 36.8 Å². The minimum Gasteiger partial charge on any atom is -0.364 e. The number of ketones is 1. The molecule has 30 heavy (non-hydrogen) atoms. The van der Waals surface area contributed by atoms with Crippen LogP contribution in [0.4, 0.5) is 4.39 Å². The minimum absolute atomic E-state index is 0.0607. The number of nitrogens with two attached hydrogens (primary N) is 1. The van der Waals surface area contributed by atoms with Gasteiger partial charge in [0.1, 0.15) is 17.5 Å². The van der Waals surface area contributed by atoms with Gasteiger partial charge in [0, 0.05) is 29.8 Å². The van der Waals surface area contributed by atoms with E-state index in [1.807, 2.05) is 22.9 Å². The standard InChI is InChI=1S/C23H25FN4O2/c24-18-4-2-1-3-15(5-6-18)11-21(29)17-12-16-9-10-28(23(16)27-13-17)19-7-8-20(22(25)30)26-14-19/h7-10,12-15,18H,1-6,11H2,(H2,25,30). The second kappa shape index (κ2) is 8.73. The molecule has 0 bridgehead atoms. The SMILES string of the molecule is NC(=O)c1ccc(-n2ccc3cc(C(=O)CC4CCCCC(F)CC4)cnc32)cn1. The van der Waals surface area contributed by atoms with Crippen molar-refractivity contribution in [3.8, 4) is 5.69 Å². The number of fused-ring (bicyclic) bond motifs is 1. The average molecular weight is 408 g/mol. The summed E-state index contributed by atoms with van der Waals surface area (Å²) in [5.74, 6) is -0.275. The Morgan fingerprint density at radius 2 is 1.90 bits per heavy atom. The largest absolute Gasteiger partial charge is 0.364 e. The summed E-state index contributed by atoms with van der Waals surface area (Å²) in [6.45, 7) is 0. The molecule has 3 aromatic rings. The van der Waals surface area contributed by atoms with Gasteiger partial charge in [-0.3, -0.25) is 14.2 Å². The van der Waals surface area contributed by atoms with Crippen LogP contribution in [-0.4, -0.2) is 32.4 Å². The highest BCUT2D eigenvalue weighted by atomic mass is 19.1. The van der Waals surface area contributed by atoms with Crippen LogP contribution in [0.25, 0.3) is 16.7 Å². The number of halogens is 1. The Bertz CT molecular complexity index is 1060. The number of amides is 1. The second-order valence-electron chi connectivity index (χ2n) is 8.04. The van der Waals surface area contributed by atoms with E-state index < -0.39 is 12.1 Å². The van der Waals surface area contributed by atoms with Crippen molar-refractivity contribution in [1.29, 1.82) is 0 Å². The number of carbonyl (C=O) groups is 2. The first-order valence-electron chi connectivity index (χ1n) is 10.4. The van der Waals surface area contributed by atoms with E-state index in [1.165, 1.54) is 0 Å². The van der Waals surface area contributed by atoms with Crippen molar-refractivity contribution in [3.63, 3.8) is 0 Å². The van der Waals surface area contributed by atoms with Gasteiger partial charge >= 0.3 is 0 Å². The zero-order chi connectivity index (χ0) is 21.1. The molecule has 0 saturated heterocycles. The van der Waals surface area contributed by atoms with E-state index in [-0.39, 0.29) is 17.4 Å². The van der Waals surface area contributed by atoms with Crippen molar-refractivity contribution in [3.05, 3.63) is 54.1 Å². The smallest absolute Gasteiger partial charge is 0.267 e. The number of aromatic nitrogens is 3. The molecule has 2 unspecified atom stereocenters. The summed E-state index contributed by atoms with van der Waals surface area (Å²) in [5, 5.41) is 0.848. The number of nitrogens with zero attached hydrogens (tertiary/aromatic N) is 3. The van der Waals surface area contributed by atoms with Gasteiger partial charge in [-0.15, -0.1) is 0 Å². The topological polar surface area (TPSA) is 90.9 Å². The first-order valence-corrected chi connectivity index (χ1v) is 10.4. The molecule has 0 aliphatic heterocycles. The maximum atomic E-state index is 13.7. The molecule has 156 valence electrons. The van der Waals surface area contributed by atoms with Crippen LogP contribution >= 0.6 is 0 Å². The van der Waals surface area contributed by atoms with Crippen LogP contribution in [0, 0.1) is 5.92 Å². The number of carbonyl (C=O) groups excluding carboxylic acids is 2. The molecule has 1 saturated carbocycles. The Hall–Kier alpha value is -3.09. The number of hydrogen-bond acceptors (Lipinski definition) is 4. The highest BCUT2D eigenvalue weighted by Crippen LogP contribution is 2.28. The summed E-state index contributed by atoms with van der Waals surface area (Å²) in [5.41, 5.74) is 7.47.